The molecule has 7 nitrogen and oxygen atoms in total. The van der Waals surface area contributed by atoms with E-state index >= 15 is 0 Å². The van der Waals surface area contributed by atoms with Gasteiger partial charge in [-0.2, -0.15) is 4.31 Å². The minimum atomic E-state index is -3.76. The predicted octanol–water partition coefficient (Wildman–Crippen LogP) is 3.35. The van der Waals surface area contributed by atoms with Crippen LogP contribution in [0.5, 0.6) is 0 Å². The summed E-state index contributed by atoms with van der Waals surface area (Å²) in [4.78, 5) is 27.1. The number of carbonyl (C=O) groups excluding carboxylic acids is 2. The van der Waals surface area contributed by atoms with Crippen LogP contribution in [0.3, 0.4) is 0 Å². The van der Waals surface area contributed by atoms with Crippen molar-refractivity contribution < 1.29 is 18.0 Å². The first kappa shape index (κ1) is 24.0. The molecule has 1 atom stereocenters. The molecule has 4 rings (SSSR count). The van der Waals surface area contributed by atoms with Gasteiger partial charge in [0, 0.05) is 32.4 Å². The standard InChI is InChI=1S/C25H35N3O4S/c1-25(2)21-16-20(11-12-22(21)27(3)24(25)30)33(31,32)28-15-7-10-19(17-28)23(29)26-14-13-18-8-5-4-6-9-18/h8,11-12,16,19H,4-7,9-10,13-15,17H2,1-3H3,(H,26,29)/t19-/m0/s1. The summed E-state index contributed by atoms with van der Waals surface area (Å²) in [5, 5.41) is 3.02. The Hall–Kier alpha value is -2.19. The topological polar surface area (TPSA) is 86.8 Å². The van der Waals surface area contributed by atoms with Crippen LogP contribution in [0.4, 0.5) is 5.69 Å². The molecule has 180 valence electrons. The second-order valence-electron chi connectivity index (χ2n) is 10.0. The molecular formula is C25H35N3O4S. The first-order valence-corrected chi connectivity index (χ1v) is 13.4. The third kappa shape index (κ3) is 4.60. The number of nitrogens with zero attached hydrogens (tertiary/aromatic N) is 2. The van der Waals surface area contributed by atoms with Crippen LogP contribution in [0.1, 0.15) is 64.4 Å². The molecule has 1 N–H and O–H groups in total. The smallest absolute Gasteiger partial charge is 0.243 e. The Kier molecular flexibility index (Phi) is 6.69. The van der Waals surface area contributed by atoms with Gasteiger partial charge in [-0.15, -0.1) is 0 Å². The highest BCUT2D eigenvalue weighted by Crippen LogP contribution is 2.42. The molecule has 2 heterocycles. The average molecular weight is 474 g/mol. The summed E-state index contributed by atoms with van der Waals surface area (Å²) in [5.74, 6) is -0.452. The van der Waals surface area contributed by atoms with Gasteiger partial charge in [-0.25, -0.2) is 8.42 Å². The molecular weight excluding hydrogens is 438 g/mol. The van der Waals surface area contributed by atoms with Gasteiger partial charge in [-0.1, -0.05) is 11.6 Å². The van der Waals surface area contributed by atoms with Gasteiger partial charge in [0.25, 0.3) is 0 Å². The van der Waals surface area contributed by atoms with E-state index in [0.29, 0.717) is 25.9 Å². The highest BCUT2D eigenvalue weighted by molar-refractivity contribution is 7.89. The lowest BCUT2D eigenvalue weighted by Gasteiger charge is -2.31. The zero-order valence-corrected chi connectivity index (χ0v) is 20.7. The van der Waals surface area contributed by atoms with Crippen molar-refractivity contribution in [2.75, 3.05) is 31.6 Å². The first-order valence-electron chi connectivity index (χ1n) is 12.0. The van der Waals surface area contributed by atoms with Crippen molar-refractivity contribution >= 4 is 27.5 Å². The number of rotatable bonds is 6. The van der Waals surface area contributed by atoms with Gasteiger partial charge in [-0.05, 0) is 82.6 Å². The Morgan fingerprint density at radius 3 is 2.73 bits per heavy atom. The maximum atomic E-state index is 13.4. The zero-order chi connectivity index (χ0) is 23.8. The van der Waals surface area contributed by atoms with E-state index in [9.17, 15) is 18.0 Å². The molecule has 0 unspecified atom stereocenters. The number of likely N-dealkylation sites (N-methyl/N-ethyl adjacent to an activating group) is 1. The quantitative estimate of drug-likeness (QED) is 0.642. The second kappa shape index (κ2) is 9.22. The van der Waals surface area contributed by atoms with Gasteiger partial charge in [-0.3, -0.25) is 9.59 Å². The summed E-state index contributed by atoms with van der Waals surface area (Å²) in [5.41, 5.74) is 2.11. The third-order valence-electron chi connectivity index (χ3n) is 7.37. The van der Waals surface area contributed by atoms with Crippen LogP contribution in [0.2, 0.25) is 0 Å². The van der Waals surface area contributed by atoms with Crippen LogP contribution in [-0.4, -0.2) is 51.2 Å². The fourth-order valence-electron chi connectivity index (χ4n) is 5.26. The molecule has 0 radical (unpaired) electrons. The molecule has 8 heteroatoms. The van der Waals surface area contributed by atoms with Crippen molar-refractivity contribution in [2.24, 2.45) is 5.92 Å². The van der Waals surface area contributed by atoms with Crippen molar-refractivity contribution in [3.63, 3.8) is 0 Å². The minimum absolute atomic E-state index is 0.0502. The van der Waals surface area contributed by atoms with E-state index in [1.54, 1.807) is 30.1 Å². The molecule has 1 aliphatic carbocycles. The van der Waals surface area contributed by atoms with Crippen molar-refractivity contribution in [3.05, 3.63) is 35.4 Å². The summed E-state index contributed by atoms with van der Waals surface area (Å²) in [7, 11) is -2.05. The van der Waals surface area contributed by atoms with Crippen molar-refractivity contribution in [1.29, 1.82) is 0 Å². The number of amides is 2. The van der Waals surface area contributed by atoms with Gasteiger partial charge in [0.1, 0.15) is 0 Å². The number of nitrogens with one attached hydrogen (secondary N) is 1. The lowest BCUT2D eigenvalue weighted by Crippen LogP contribution is -2.45. The normalized spacial score (nSPS) is 23.2. The van der Waals surface area contributed by atoms with Crippen LogP contribution in [0.25, 0.3) is 0 Å². The Labute approximate surface area is 197 Å². The molecule has 33 heavy (non-hydrogen) atoms. The maximum Gasteiger partial charge on any atom is 0.243 e. The lowest BCUT2D eigenvalue weighted by atomic mass is 9.86. The molecule has 1 aromatic carbocycles. The Morgan fingerprint density at radius 2 is 2.00 bits per heavy atom. The summed E-state index contributed by atoms with van der Waals surface area (Å²) < 4.78 is 28.3. The minimum Gasteiger partial charge on any atom is -0.356 e. The average Bonchev–Trinajstić information content (AvgIpc) is 2.99. The SMILES string of the molecule is CN1C(=O)C(C)(C)c2cc(S(=O)(=O)N3CCC[C@H](C(=O)NCCC4=CCCCC4)C3)ccc21. The molecule has 1 fully saturated rings. The number of carbonyl (C=O) groups is 2. The highest BCUT2D eigenvalue weighted by Gasteiger charge is 2.43. The fraction of sp³-hybridized carbons (Fsp3) is 0.600. The summed E-state index contributed by atoms with van der Waals surface area (Å²) >= 11 is 0. The zero-order valence-electron chi connectivity index (χ0n) is 19.9. The van der Waals surface area contributed by atoms with Crippen LogP contribution in [-0.2, 0) is 25.0 Å². The molecule has 0 aromatic heterocycles. The molecule has 3 aliphatic rings. The van der Waals surface area contributed by atoms with Crippen molar-refractivity contribution in [3.8, 4) is 0 Å². The molecule has 0 saturated carbocycles. The Balaban J connectivity index is 1.43. The van der Waals surface area contributed by atoms with E-state index < -0.39 is 15.4 Å². The molecule has 0 bridgehead atoms. The number of sulfonamides is 1. The maximum absolute atomic E-state index is 13.4. The molecule has 0 spiro atoms. The number of piperidine rings is 1. The number of hydrogen-bond donors (Lipinski definition) is 1. The Bertz CT molecular complexity index is 1080. The van der Waals surface area contributed by atoms with Crippen molar-refractivity contribution in [1.82, 2.24) is 9.62 Å². The van der Waals surface area contributed by atoms with Crippen LogP contribution in [0, 0.1) is 5.92 Å². The summed E-state index contributed by atoms with van der Waals surface area (Å²) in [6.45, 7) is 4.83. The van der Waals surface area contributed by atoms with E-state index in [-0.39, 0.29) is 29.2 Å². The van der Waals surface area contributed by atoms with Gasteiger partial charge >= 0.3 is 0 Å². The third-order valence-corrected chi connectivity index (χ3v) is 9.23. The van der Waals surface area contributed by atoms with E-state index in [0.717, 1.165) is 30.5 Å². The number of hydrogen-bond acceptors (Lipinski definition) is 4. The lowest BCUT2D eigenvalue weighted by molar-refractivity contribution is -0.126. The molecule has 1 saturated heterocycles. The number of fused-ring (bicyclic) bond motifs is 1. The van der Waals surface area contributed by atoms with Crippen LogP contribution < -0.4 is 10.2 Å². The first-order chi connectivity index (χ1) is 15.6. The number of allylic oxidation sites excluding steroid dienone is 1. The van der Waals surface area contributed by atoms with Gasteiger partial charge < -0.3 is 10.2 Å². The molecule has 2 amide bonds. The second-order valence-corrected chi connectivity index (χ2v) is 12.0. The van der Waals surface area contributed by atoms with Crippen molar-refractivity contribution in [2.45, 2.75) is 69.1 Å². The van der Waals surface area contributed by atoms with Gasteiger partial charge in [0.05, 0.1) is 16.2 Å². The van der Waals surface area contributed by atoms with Crippen LogP contribution in [0.15, 0.2) is 34.7 Å². The van der Waals surface area contributed by atoms with Gasteiger partial charge in [0.15, 0.2) is 0 Å². The highest BCUT2D eigenvalue weighted by atomic mass is 32.2. The summed E-state index contributed by atoms with van der Waals surface area (Å²) in [6.07, 6.45) is 9.22. The number of benzene rings is 1. The largest absolute Gasteiger partial charge is 0.356 e. The van der Waals surface area contributed by atoms with E-state index in [1.165, 1.54) is 22.7 Å². The summed E-state index contributed by atoms with van der Waals surface area (Å²) in [6, 6.07) is 4.91. The van der Waals surface area contributed by atoms with Gasteiger partial charge in [0.2, 0.25) is 21.8 Å². The van der Waals surface area contributed by atoms with E-state index in [2.05, 4.69) is 11.4 Å². The molecule has 1 aromatic rings. The van der Waals surface area contributed by atoms with E-state index in [4.69, 9.17) is 0 Å². The Morgan fingerprint density at radius 1 is 1.21 bits per heavy atom. The fourth-order valence-corrected chi connectivity index (χ4v) is 6.81. The predicted molar refractivity (Wildman–Crippen MR) is 129 cm³/mol. The number of anilines is 1. The van der Waals surface area contributed by atoms with Crippen LogP contribution >= 0.6 is 0 Å². The molecule has 2 aliphatic heterocycles. The van der Waals surface area contributed by atoms with E-state index in [1.807, 2.05) is 13.8 Å². The monoisotopic (exact) mass is 473 g/mol.